The molecule has 0 unspecified atom stereocenters. The fourth-order valence-corrected chi connectivity index (χ4v) is 9.63. The summed E-state index contributed by atoms with van der Waals surface area (Å²) in [5, 5.41) is 4.17. The number of hydrogen-bond acceptors (Lipinski definition) is 4. The molecule has 349 valence electrons. The first-order valence-electron chi connectivity index (χ1n) is 24.0. The summed E-state index contributed by atoms with van der Waals surface area (Å²) in [6.07, 6.45) is 2.79. The van der Waals surface area contributed by atoms with Crippen LogP contribution in [-0.4, -0.2) is 14.5 Å². The van der Waals surface area contributed by atoms with Gasteiger partial charge in [0.1, 0.15) is 16.7 Å². The fourth-order valence-electron chi connectivity index (χ4n) is 9.63. The third kappa shape index (κ3) is 9.21. The predicted octanol–water partition coefficient (Wildman–Crippen LogP) is 17.6. The molecule has 7 aromatic carbocycles. The van der Waals surface area contributed by atoms with Crippen LogP contribution < -0.4 is 0 Å². The fraction of sp³-hybridized carbons (Fsp3) is 0.238. The molecule has 1 radical (unpaired) electrons. The van der Waals surface area contributed by atoms with E-state index in [-0.39, 0.29) is 42.8 Å². The van der Waals surface area contributed by atoms with Crippen molar-refractivity contribution in [2.45, 2.75) is 92.9 Å². The number of hydrogen-bond donors (Lipinski definition) is 0. The average Bonchev–Trinajstić information content (AvgIpc) is 4.02. The molecule has 0 amide bonds. The molecule has 0 aliphatic rings. The van der Waals surface area contributed by atoms with E-state index in [1.165, 1.54) is 39.1 Å². The molecule has 0 aliphatic heterocycles. The van der Waals surface area contributed by atoms with Gasteiger partial charge in [0.2, 0.25) is 0 Å². The van der Waals surface area contributed by atoms with Crippen LogP contribution in [0.25, 0.3) is 94.4 Å². The molecule has 11 aromatic rings. The summed E-state index contributed by atoms with van der Waals surface area (Å²) in [7, 11) is 0. The van der Waals surface area contributed by atoms with Crippen LogP contribution >= 0.6 is 0 Å². The molecular weight excluding hydrogens is 1020 g/mol. The van der Waals surface area contributed by atoms with Gasteiger partial charge in [-0.05, 0) is 111 Å². The van der Waals surface area contributed by atoms with Crippen molar-refractivity contribution in [1.82, 2.24) is 14.5 Å². The molecule has 0 spiro atoms. The Balaban J connectivity index is 0.000000296. The van der Waals surface area contributed by atoms with Crippen LogP contribution in [0.15, 0.2) is 161 Å². The Morgan fingerprint density at radius 2 is 1.28 bits per heavy atom. The Morgan fingerprint density at radius 3 is 1.96 bits per heavy atom. The molecule has 4 heterocycles. The number of para-hydroxylation sites is 2. The molecular formula is C63H59IrN3O2-2. The second kappa shape index (κ2) is 18.7. The second-order valence-corrected chi connectivity index (χ2v) is 21.1. The molecule has 0 aliphatic carbocycles. The molecule has 0 atom stereocenters. The number of aromatic nitrogens is 3. The summed E-state index contributed by atoms with van der Waals surface area (Å²) in [6.45, 7) is 22.8. The SMILES string of the molecule is CC(C)(C)c1ccnc(-c2[c-]cccc2)c1.CC(C)c1cc(-c2ccccc2)cc(C(C)C)c1-n1c(-c2[c-]ccc3c2oc2cc4c(cc23)oc2ccccc24)nc2cccc(CC(C)(C)C)c21.[Ir]. The van der Waals surface area contributed by atoms with E-state index < -0.39 is 0 Å². The maximum atomic E-state index is 6.87. The molecule has 11 rings (SSSR count). The van der Waals surface area contributed by atoms with Gasteiger partial charge in [0.25, 0.3) is 0 Å². The zero-order valence-electron chi connectivity index (χ0n) is 41.3. The molecule has 69 heavy (non-hydrogen) atoms. The first kappa shape index (κ1) is 47.5. The zero-order valence-corrected chi connectivity index (χ0v) is 43.7. The summed E-state index contributed by atoms with van der Waals surface area (Å²) in [6, 6.07) is 57.7. The van der Waals surface area contributed by atoms with Crippen LogP contribution in [0.5, 0.6) is 0 Å². The van der Waals surface area contributed by atoms with Crippen molar-refractivity contribution >= 4 is 54.9 Å². The van der Waals surface area contributed by atoms with E-state index in [9.17, 15) is 0 Å². The van der Waals surface area contributed by atoms with Gasteiger partial charge in [-0.1, -0.05) is 147 Å². The predicted molar refractivity (Wildman–Crippen MR) is 284 cm³/mol. The molecule has 6 heteroatoms. The van der Waals surface area contributed by atoms with Gasteiger partial charge >= 0.3 is 0 Å². The van der Waals surface area contributed by atoms with Gasteiger partial charge in [-0.3, -0.25) is 4.98 Å². The van der Waals surface area contributed by atoms with Crippen LogP contribution in [-0.2, 0) is 31.9 Å². The van der Waals surface area contributed by atoms with Crippen molar-refractivity contribution in [1.29, 1.82) is 0 Å². The van der Waals surface area contributed by atoms with E-state index >= 15 is 0 Å². The van der Waals surface area contributed by atoms with E-state index in [2.05, 4.69) is 194 Å². The van der Waals surface area contributed by atoms with Gasteiger partial charge in [0.05, 0.1) is 22.4 Å². The van der Waals surface area contributed by atoms with Gasteiger partial charge in [-0.15, -0.1) is 54.1 Å². The van der Waals surface area contributed by atoms with Crippen molar-refractivity contribution in [2.75, 3.05) is 0 Å². The van der Waals surface area contributed by atoms with Crippen LogP contribution in [0.1, 0.15) is 103 Å². The average molecular weight is 1080 g/mol. The monoisotopic (exact) mass is 1080 g/mol. The minimum Gasteiger partial charge on any atom is -0.501 e. The summed E-state index contributed by atoms with van der Waals surface area (Å²) >= 11 is 0. The Hall–Kier alpha value is -6.59. The van der Waals surface area contributed by atoms with Crippen LogP contribution in [0.2, 0.25) is 0 Å². The van der Waals surface area contributed by atoms with Crippen molar-refractivity contribution < 1.29 is 28.9 Å². The number of nitrogens with zero attached hydrogens (tertiary/aromatic N) is 3. The third-order valence-corrected chi connectivity index (χ3v) is 13.0. The number of imidazole rings is 1. The van der Waals surface area contributed by atoms with Gasteiger partial charge < -0.3 is 18.4 Å². The first-order valence-corrected chi connectivity index (χ1v) is 24.0. The number of benzene rings is 7. The quantitative estimate of drug-likeness (QED) is 0.149. The summed E-state index contributed by atoms with van der Waals surface area (Å²) < 4.78 is 15.6. The van der Waals surface area contributed by atoms with Gasteiger partial charge in [0, 0.05) is 48.1 Å². The van der Waals surface area contributed by atoms with E-state index in [1.807, 2.05) is 48.7 Å². The van der Waals surface area contributed by atoms with Crippen LogP contribution in [0.4, 0.5) is 0 Å². The minimum atomic E-state index is 0. The molecule has 0 N–H and O–H groups in total. The number of furan rings is 2. The molecule has 0 saturated carbocycles. The van der Waals surface area contributed by atoms with Crippen molar-refractivity contribution in [3.8, 4) is 39.5 Å². The molecule has 0 bridgehead atoms. The molecule has 0 fully saturated rings. The standard InChI is InChI=1S/C48H43N2O2.C15H16N.Ir/c1-28(2)36-23-32(30-15-9-8-10-16-30)24-37(29(3)4)45(36)50-44-31(27-48(5,6)7)17-13-21-40(44)49-47(50)35-20-14-19-34-39-26-42-38(25-43(39)52-46(34)35)33-18-11-12-22-41(33)51-42;1-15(2,3)13-9-10-16-14(11-13)12-7-5-4-6-8-12;/h8-19,21-26,28-29H,27H2,1-7H3;4-7,9-11H,1-3H3;/q2*-1;. The van der Waals surface area contributed by atoms with E-state index in [0.29, 0.717) is 0 Å². The van der Waals surface area contributed by atoms with Gasteiger partial charge in [0.15, 0.2) is 0 Å². The largest absolute Gasteiger partial charge is 0.501 e. The zero-order chi connectivity index (χ0) is 47.5. The van der Waals surface area contributed by atoms with E-state index in [0.717, 1.165) is 84.0 Å². The van der Waals surface area contributed by atoms with Gasteiger partial charge in [-0.2, -0.15) is 0 Å². The maximum absolute atomic E-state index is 6.87. The number of fused-ring (bicyclic) bond motifs is 7. The Morgan fingerprint density at radius 1 is 0.594 bits per heavy atom. The first-order chi connectivity index (χ1) is 32.6. The summed E-state index contributed by atoms with van der Waals surface area (Å²) in [5.74, 6) is 1.35. The molecule has 5 nitrogen and oxygen atoms in total. The topological polar surface area (TPSA) is 57.0 Å². The van der Waals surface area contributed by atoms with Crippen molar-refractivity contribution in [3.63, 3.8) is 0 Å². The molecule has 4 aromatic heterocycles. The maximum Gasteiger partial charge on any atom is 0.136 e. The second-order valence-electron chi connectivity index (χ2n) is 21.1. The Labute approximate surface area is 420 Å². The van der Waals surface area contributed by atoms with Crippen molar-refractivity contribution in [2.24, 2.45) is 5.41 Å². The van der Waals surface area contributed by atoms with Crippen LogP contribution in [0, 0.1) is 17.5 Å². The van der Waals surface area contributed by atoms with E-state index in [1.54, 1.807) is 0 Å². The summed E-state index contributed by atoms with van der Waals surface area (Å²) in [4.78, 5) is 9.88. The normalized spacial score (nSPS) is 12.1. The molecule has 0 saturated heterocycles. The summed E-state index contributed by atoms with van der Waals surface area (Å²) in [5.41, 5.74) is 17.4. The van der Waals surface area contributed by atoms with Gasteiger partial charge in [-0.25, -0.2) is 0 Å². The minimum absolute atomic E-state index is 0. The van der Waals surface area contributed by atoms with Crippen molar-refractivity contribution in [3.05, 3.63) is 186 Å². The van der Waals surface area contributed by atoms with Crippen LogP contribution in [0.3, 0.4) is 0 Å². The third-order valence-electron chi connectivity index (χ3n) is 13.0. The Bertz CT molecular complexity index is 3590. The smallest absolute Gasteiger partial charge is 0.136 e. The Kier molecular flexibility index (Phi) is 12.9. The number of rotatable bonds is 7. The van der Waals surface area contributed by atoms with E-state index in [4.69, 9.17) is 13.8 Å². The number of pyridine rings is 1.